The summed E-state index contributed by atoms with van der Waals surface area (Å²) < 4.78 is 32.4. The van der Waals surface area contributed by atoms with Crippen molar-refractivity contribution in [1.82, 2.24) is 0 Å². The van der Waals surface area contributed by atoms with Crippen LogP contribution in [0.1, 0.15) is 51.8 Å². The van der Waals surface area contributed by atoms with Gasteiger partial charge in [0, 0.05) is 17.2 Å². The van der Waals surface area contributed by atoms with E-state index in [1.54, 1.807) is 0 Å². The van der Waals surface area contributed by atoms with Gasteiger partial charge in [-0.1, -0.05) is 0 Å². The second kappa shape index (κ2) is 17.1. The molecule has 27 heteroatoms. The highest BCUT2D eigenvalue weighted by Gasteiger charge is 2.53. The summed E-state index contributed by atoms with van der Waals surface area (Å²) in [4.78, 5) is 67.1. The molecule has 5 aromatic rings. The summed E-state index contributed by atoms with van der Waals surface area (Å²) in [5.41, 5.74) is -6.77. The van der Waals surface area contributed by atoms with Crippen molar-refractivity contribution in [2.75, 3.05) is 6.61 Å². The third-order valence-electron chi connectivity index (χ3n) is 10.1. The number of cyclic esters (lactones) is 1. The van der Waals surface area contributed by atoms with Crippen molar-refractivity contribution in [1.29, 1.82) is 0 Å². The Morgan fingerprint density at radius 1 is 0.544 bits per heavy atom. The van der Waals surface area contributed by atoms with Gasteiger partial charge >= 0.3 is 29.8 Å². The van der Waals surface area contributed by atoms with Crippen LogP contribution in [0.15, 0.2) is 42.5 Å². The van der Waals surface area contributed by atoms with Gasteiger partial charge in [-0.25, -0.2) is 24.0 Å². The summed E-state index contributed by atoms with van der Waals surface area (Å²) in [7, 11) is 0. The van der Waals surface area contributed by atoms with Gasteiger partial charge in [0.15, 0.2) is 81.6 Å². The molecule has 0 radical (unpaired) electrons. The molecular formula is C41H30O27. The average molecular weight is 955 g/mol. The number of aromatic carboxylic acids is 1. The van der Waals surface area contributed by atoms with Crippen LogP contribution >= 0.6 is 0 Å². The minimum absolute atomic E-state index is 0.422. The lowest BCUT2D eigenvalue weighted by atomic mass is 9.92. The Labute approximate surface area is 374 Å². The van der Waals surface area contributed by atoms with E-state index in [4.69, 9.17) is 28.4 Å². The summed E-state index contributed by atoms with van der Waals surface area (Å²) in [6.07, 6.45) is -11.9. The number of carbonyl (C=O) groups excluding carboxylic acids is 4. The molecule has 0 amide bonds. The third-order valence-corrected chi connectivity index (χ3v) is 10.1. The lowest BCUT2D eigenvalue weighted by Gasteiger charge is -2.42. The van der Waals surface area contributed by atoms with Crippen LogP contribution in [0.3, 0.4) is 0 Å². The van der Waals surface area contributed by atoms with Crippen LogP contribution < -0.4 is 4.74 Å². The standard InChI is InChI=1S/C41H30O27/c42-14-1-9(2-15(43)24(14)48)37(59)67-35-32(56)41(68-38(60)10-3-16(44)25(49)20(4-10)64-33-13(36(57)58)7-19(47)28(52)31(33)55)65-21-8-63-39(61)11-5-17(45)26(50)29(53)22(11)23-12(40(62)66-34(21)35)6-18(46)27(51)30(23)54/h1-7,21,32,34-35,41-56H,8H2,(H,57,58)/t21?,32-,34+,35?,41-/m0/s1. The fourth-order valence-electron chi connectivity index (χ4n) is 6.82. The molecule has 2 aliphatic rings. The van der Waals surface area contributed by atoms with Crippen molar-refractivity contribution in [2.24, 2.45) is 0 Å². The van der Waals surface area contributed by atoms with Gasteiger partial charge in [-0.15, -0.1) is 0 Å². The SMILES string of the molecule is O=C(OC1[C@@H]2OC(=O)c3cc(O)c(O)c(O)c3-c3c(cc(O)c(O)c3O)C(=O)OCC2O[C@@H](OC(=O)c2cc(O)c(O)c(Oc3c(C(=O)O)cc(O)c(O)c3O)c2)[C@H]1O)c1cc(O)c(O)c(O)c1. The quantitative estimate of drug-likeness (QED) is 0.0625. The van der Waals surface area contributed by atoms with Crippen LogP contribution in [0.5, 0.6) is 92.0 Å². The highest BCUT2D eigenvalue weighted by molar-refractivity contribution is 6.08. The molecule has 16 N–H and O–H groups in total. The number of aliphatic hydroxyl groups is 1. The molecule has 0 aromatic heterocycles. The predicted octanol–water partition coefficient (Wildman–Crippen LogP) is 1.59. The van der Waals surface area contributed by atoms with Crippen molar-refractivity contribution in [3.63, 3.8) is 0 Å². The molecule has 0 spiro atoms. The molecule has 68 heavy (non-hydrogen) atoms. The Hall–Kier alpha value is -9.63. The summed E-state index contributed by atoms with van der Waals surface area (Å²) in [5.74, 6) is -28.2. The topological polar surface area (TPSA) is 464 Å². The maximum atomic E-state index is 14.1. The number of phenols is 14. The minimum Gasteiger partial charge on any atom is -0.504 e. The highest BCUT2D eigenvalue weighted by atomic mass is 16.7. The summed E-state index contributed by atoms with van der Waals surface area (Å²) in [6, 6.07) is 3.49. The Kier molecular flexibility index (Phi) is 11.6. The number of ether oxygens (including phenoxy) is 6. The van der Waals surface area contributed by atoms with Gasteiger partial charge in [-0.2, -0.15) is 0 Å². The second-order valence-corrected chi connectivity index (χ2v) is 14.4. The van der Waals surface area contributed by atoms with E-state index in [-0.39, 0.29) is 0 Å². The number of carbonyl (C=O) groups is 5. The number of aromatic hydroxyl groups is 14. The number of hydrogen-bond donors (Lipinski definition) is 16. The number of hydrogen-bond acceptors (Lipinski definition) is 26. The minimum atomic E-state index is -2.58. The van der Waals surface area contributed by atoms with E-state index in [1.807, 2.05) is 0 Å². The Morgan fingerprint density at radius 2 is 1.01 bits per heavy atom. The lowest BCUT2D eigenvalue weighted by Crippen LogP contribution is -2.62. The van der Waals surface area contributed by atoms with Crippen LogP contribution in [0.25, 0.3) is 11.1 Å². The molecule has 2 unspecified atom stereocenters. The molecule has 2 heterocycles. The van der Waals surface area contributed by atoms with Crippen molar-refractivity contribution in [3.05, 3.63) is 70.3 Å². The Morgan fingerprint density at radius 3 is 1.57 bits per heavy atom. The number of rotatable bonds is 7. The third kappa shape index (κ3) is 7.96. The van der Waals surface area contributed by atoms with E-state index in [0.29, 0.717) is 42.5 Å². The fourth-order valence-corrected chi connectivity index (χ4v) is 6.82. The zero-order valence-electron chi connectivity index (χ0n) is 33.3. The molecule has 0 aliphatic carbocycles. The van der Waals surface area contributed by atoms with Gasteiger partial charge in [-0.05, 0) is 36.4 Å². The van der Waals surface area contributed by atoms with Crippen LogP contribution in [0.2, 0.25) is 0 Å². The second-order valence-electron chi connectivity index (χ2n) is 14.4. The molecule has 7 rings (SSSR count). The molecule has 2 aliphatic heterocycles. The zero-order chi connectivity index (χ0) is 50.0. The van der Waals surface area contributed by atoms with Gasteiger partial charge in [0.1, 0.15) is 18.3 Å². The molecule has 0 bridgehead atoms. The van der Waals surface area contributed by atoms with E-state index in [1.165, 1.54) is 0 Å². The van der Waals surface area contributed by atoms with Crippen LogP contribution in [-0.2, 0) is 23.7 Å². The van der Waals surface area contributed by atoms with Crippen molar-refractivity contribution < 1.29 is 134 Å². The first-order chi connectivity index (χ1) is 31.9. The van der Waals surface area contributed by atoms with Crippen molar-refractivity contribution >= 4 is 29.8 Å². The molecule has 356 valence electrons. The fraction of sp³-hybridized carbons (Fsp3) is 0.146. The number of phenolic OH excluding ortho intramolecular Hbond substituents is 14. The van der Waals surface area contributed by atoms with Crippen LogP contribution in [0.4, 0.5) is 0 Å². The Balaban J connectivity index is 1.32. The van der Waals surface area contributed by atoms with E-state index in [0.717, 1.165) is 0 Å². The maximum absolute atomic E-state index is 14.1. The number of fused-ring (bicyclic) bond motifs is 4. The smallest absolute Gasteiger partial charge is 0.340 e. The number of esters is 4. The van der Waals surface area contributed by atoms with Crippen LogP contribution in [-0.4, -0.2) is 149 Å². The molecule has 5 atom stereocenters. The van der Waals surface area contributed by atoms with Gasteiger partial charge in [-0.3, -0.25) is 0 Å². The van der Waals surface area contributed by atoms with Gasteiger partial charge in [0.2, 0.25) is 35.0 Å². The molecule has 1 fully saturated rings. The van der Waals surface area contributed by atoms with E-state index in [2.05, 4.69) is 0 Å². The van der Waals surface area contributed by atoms with E-state index < -0.39 is 198 Å². The van der Waals surface area contributed by atoms with E-state index in [9.17, 15) is 106 Å². The zero-order valence-corrected chi connectivity index (χ0v) is 33.3. The summed E-state index contributed by atoms with van der Waals surface area (Å²) in [5, 5.41) is 166. The van der Waals surface area contributed by atoms with E-state index >= 15 is 0 Å². The number of carboxylic acids is 1. The van der Waals surface area contributed by atoms with Gasteiger partial charge < -0.3 is 110 Å². The summed E-state index contributed by atoms with van der Waals surface area (Å²) in [6.45, 7) is -1.22. The monoisotopic (exact) mass is 954 g/mol. The molecule has 5 aromatic carbocycles. The maximum Gasteiger partial charge on any atom is 0.340 e. The summed E-state index contributed by atoms with van der Waals surface area (Å²) >= 11 is 0. The van der Waals surface area contributed by atoms with Gasteiger partial charge in [0.25, 0.3) is 0 Å². The molecule has 27 nitrogen and oxygen atoms in total. The number of carboxylic acid groups (broad SMARTS) is 1. The van der Waals surface area contributed by atoms with Crippen molar-refractivity contribution in [2.45, 2.75) is 30.7 Å². The Bertz CT molecular complexity index is 2970. The molecule has 0 saturated carbocycles. The first-order valence-corrected chi connectivity index (χ1v) is 18.6. The largest absolute Gasteiger partial charge is 0.504 e. The number of benzene rings is 5. The first-order valence-electron chi connectivity index (χ1n) is 18.6. The van der Waals surface area contributed by atoms with Gasteiger partial charge in [0.05, 0.1) is 22.3 Å². The number of aliphatic hydroxyl groups excluding tert-OH is 1. The molecular weight excluding hydrogens is 924 g/mol. The van der Waals surface area contributed by atoms with Crippen LogP contribution in [0, 0.1) is 0 Å². The average Bonchev–Trinajstić information content (AvgIpc) is 3.30. The highest BCUT2D eigenvalue weighted by Crippen LogP contribution is 2.53. The lowest BCUT2D eigenvalue weighted by molar-refractivity contribution is -0.283. The first kappa shape index (κ1) is 46.4. The molecule has 1 saturated heterocycles. The van der Waals surface area contributed by atoms with Crippen molar-refractivity contribution in [3.8, 4) is 103 Å². The predicted molar refractivity (Wildman–Crippen MR) is 210 cm³/mol. The normalized spacial score (nSPS) is 18.9.